The highest BCUT2D eigenvalue weighted by atomic mass is 32.2. The molecular weight excluding hydrogens is 242 g/mol. The molecule has 0 heterocycles. The van der Waals surface area contributed by atoms with Crippen molar-refractivity contribution in [2.75, 3.05) is 6.54 Å². The van der Waals surface area contributed by atoms with Gasteiger partial charge in [-0.2, -0.15) is 0 Å². The molecule has 0 aromatic carbocycles. The Morgan fingerprint density at radius 3 is 2.29 bits per heavy atom. The number of carbonyl (C=O) groups is 1. The molecule has 0 saturated heterocycles. The van der Waals surface area contributed by atoms with Crippen LogP contribution in [0.4, 0.5) is 0 Å². The SMILES string of the molecule is O=C(O)CCCCCCCNS(=O)(=O)C1CC1. The van der Waals surface area contributed by atoms with E-state index in [1.165, 1.54) is 0 Å². The van der Waals surface area contributed by atoms with Crippen molar-refractivity contribution < 1.29 is 18.3 Å². The van der Waals surface area contributed by atoms with Gasteiger partial charge in [0.25, 0.3) is 0 Å². The van der Waals surface area contributed by atoms with Crippen molar-refractivity contribution in [3.63, 3.8) is 0 Å². The van der Waals surface area contributed by atoms with Gasteiger partial charge in [-0.1, -0.05) is 19.3 Å². The molecular formula is C11H21NO4S. The molecule has 1 aliphatic carbocycles. The van der Waals surface area contributed by atoms with Crippen LogP contribution in [0.1, 0.15) is 51.4 Å². The molecule has 0 radical (unpaired) electrons. The van der Waals surface area contributed by atoms with E-state index in [0.717, 1.165) is 38.5 Å². The Balaban J connectivity index is 1.89. The molecule has 1 fully saturated rings. The van der Waals surface area contributed by atoms with Crippen LogP contribution in [0.2, 0.25) is 0 Å². The molecule has 2 N–H and O–H groups in total. The molecule has 0 spiro atoms. The lowest BCUT2D eigenvalue weighted by molar-refractivity contribution is -0.137. The lowest BCUT2D eigenvalue weighted by Crippen LogP contribution is -2.28. The molecule has 17 heavy (non-hydrogen) atoms. The summed E-state index contributed by atoms with van der Waals surface area (Å²) in [6.45, 7) is 0.512. The number of sulfonamides is 1. The van der Waals surface area contributed by atoms with E-state index < -0.39 is 16.0 Å². The number of hydrogen-bond donors (Lipinski definition) is 2. The third-order valence-electron chi connectivity index (χ3n) is 2.83. The molecule has 0 atom stereocenters. The largest absolute Gasteiger partial charge is 0.481 e. The molecule has 0 aromatic heterocycles. The Morgan fingerprint density at radius 1 is 1.12 bits per heavy atom. The molecule has 6 heteroatoms. The van der Waals surface area contributed by atoms with Crippen LogP contribution in [0.5, 0.6) is 0 Å². The van der Waals surface area contributed by atoms with Crippen LogP contribution >= 0.6 is 0 Å². The molecule has 5 nitrogen and oxygen atoms in total. The highest BCUT2D eigenvalue weighted by Crippen LogP contribution is 2.27. The fraction of sp³-hybridized carbons (Fsp3) is 0.909. The van der Waals surface area contributed by atoms with Crippen LogP contribution in [0.25, 0.3) is 0 Å². The zero-order chi connectivity index (χ0) is 12.7. The van der Waals surface area contributed by atoms with E-state index >= 15 is 0 Å². The molecule has 0 aliphatic heterocycles. The minimum atomic E-state index is -3.02. The van der Waals surface area contributed by atoms with E-state index in [2.05, 4.69) is 4.72 Å². The van der Waals surface area contributed by atoms with Crippen LogP contribution in [0, 0.1) is 0 Å². The first-order valence-electron chi connectivity index (χ1n) is 6.22. The van der Waals surface area contributed by atoms with Gasteiger partial charge in [-0.15, -0.1) is 0 Å². The first-order valence-corrected chi connectivity index (χ1v) is 7.77. The summed E-state index contributed by atoms with van der Waals surface area (Å²) in [7, 11) is -3.02. The van der Waals surface area contributed by atoms with Crippen molar-refractivity contribution >= 4 is 16.0 Å². The van der Waals surface area contributed by atoms with Crippen molar-refractivity contribution in [1.29, 1.82) is 0 Å². The summed E-state index contributed by atoms with van der Waals surface area (Å²) in [6.07, 6.45) is 6.19. The molecule has 1 aliphatic rings. The Bertz CT molecular complexity index is 335. The van der Waals surface area contributed by atoms with E-state index in [4.69, 9.17) is 5.11 Å². The lowest BCUT2D eigenvalue weighted by atomic mass is 10.1. The van der Waals surface area contributed by atoms with Crippen molar-refractivity contribution in [3.05, 3.63) is 0 Å². The molecule has 0 unspecified atom stereocenters. The predicted molar refractivity (Wildman–Crippen MR) is 65.3 cm³/mol. The first-order chi connectivity index (χ1) is 8.02. The summed E-state index contributed by atoms with van der Waals surface area (Å²) < 4.78 is 25.5. The third kappa shape index (κ3) is 6.63. The van der Waals surface area contributed by atoms with Crippen molar-refractivity contribution in [2.24, 2.45) is 0 Å². The van der Waals surface area contributed by atoms with Gasteiger partial charge >= 0.3 is 5.97 Å². The zero-order valence-corrected chi connectivity index (χ0v) is 10.8. The second-order valence-corrected chi connectivity index (χ2v) is 6.60. The summed E-state index contributed by atoms with van der Waals surface area (Å²) in [6, 6.07) is 0. The summed E-state index contributed by atoms with van der Waals surface area (Å²) >= 11 is 0. The van der Waals surface area contributed by atoms with Gasteiger partial charge in [0.2, 0.25) is 10.0 Å². The summed E-state index contributed by atoms with van der Waals surface area (Å²) in [5.74, 6) is -0.748. The number of hydrogen-bond acceptors (Lipinski definition) is 3. The van der Waals surface area contributed by atoms with Crippen LogP contribution in [0.15, 0.2) is 0 Å². The monoisotopic (exact) mass is 263 g/mol. The normalized spacial score (nSPS) is 16.0. The third-order valence-corrected chi connectivity index (χ3v) is 4.79. The molecule has 100 valence electrons. The number of rotatable bonds is 10. The topological polar surface area (TPSA) is 83.5 Å². The summed E-state index contributed by atoms with van der Waals surface area (Å²) in [5, 5.41) is 8.28. The van der Waals surface area contributed by atoms with Crippen LogP contribution < -0.4 is 4.72 Å². The summed E-state index contributed by atoms with van der Waals surface area (Å²) in [4.78, 5) is 10.2. The van der Waals surface area contributed by atoms with Gasteiger partial charge in [-0.3, -0.25) is 4.79 Å². The molecule has 0 aromatic rings. The maximum Gasteiger partial charge on any atom is 0.303 e. The van der Waals surface area contributed by atoms with E-state index in [1.54, 1.807) is 0 Å². The Labute approximate surface area is 103 Å². The second kappa shape index (κ2) is 6.96. The molecule has 1 rings (SSSR count). The van der Waals surface area contributed by atoms with E-state index in [9.17, 15) is 13.2 Å². The number of nitrogens with one attached hydrogen (secondary N) is 1. The van der Waals surface area contributed by atoms with E-state index in [1.807, 2.05) is 0 Å². The number of unbranched alkanes of at least 4 members (excludes halogenated alkanes) is 4. The highest BCUT2D eigenvalue weighted by Gasteiger charge is 2.34. The van der Waals surface area contributed by atoms with Gasteiger partial charge in [-0.25, -0.2) is 13.1 Å². The highest BCUT2D eigenvalue weighted by molar-refractivity contribution is 7.90. The fourth-order valence-electron chi connectivity index (χ4n) is 1.64. The van der Waals surface area contributed by atoms with Crippen molar-refractivity contribution in [3.8, 4) is 0 Å². The van der Waals surface area contributed by atoms with E-state index in [-0.39, 0.29) is 11.7 Å². The number of aliphatic carboxylic acids is 1. The molecule has 0 amide bonds. The van der Waals surface area contributed by atoms with E-state index in [0.29, 0.717) is 13.0 Å². The van der Waals surface area contributed by atoms with Gasteiger partial charge in [-0.05, 0) is 25.7 Å². The average molecular weight is 263 g/mol. The van der Waals surface area contributed by atoms with Crippen LogP contribution in [-0.4, -0.2) is 31.3 Å². The van der Waals surface area contributed by atoms with Crippen molar-refractivity contribution in [2.45, 2.75) is 56.6 Å². The summed E-state index contributed by atoms with van der Waals surface area (Å²) in [5.41, 5.74) is 0. The van der Waals surface area contributed by atoms with Gasteiger partial charge in [0, 0.05) is 13.0 Å². The number of carboxylic acids is 1. The minimum absolute atomic E-state index is 0.141. The second-order valence-electron chi connectivity index (χ2n) is 4.55. The fourth-order valence-corrected chi connectivity index (χ4v) is 3.06. The minimum Gasteiger partial charge on any atom is -0.481 e. The van der Waals surface area contributed by atoms with Crippen molar-refractivity contribution in [1.82, 2.24) is 4.72 Å². The zero-order valence-electron chi connectivity index (χ0n) is 10.0. The molecule has 0 bridgehead atoms. The first kappa shape index (κ1) is 14.4. The maximum absolute atomic E-state index is 11.4. The lowest BCUT2D eigenvalue weighted by Gasteiger charge is -2.04. The average Bonchev–Trinajstić information content (AvgIpc) is 3.05. The van der Waals surface area contributed by atoms with Crippen LogP contribution in [-0.2, 0) is 14.8 Å². The van der Waals surface area contributed by atoms with Gasteiger partial charge in [0.1, 0.15) is 0 Å². The molecule has 1 saturated carbocycles. The van der Waals surface area contributed by atoms with Gasteiger partial charge in [0.05, 0.1) is 5.25 Å². The predicted octanol–water partition coefficient (Wildman–Crippen LogP) is 1.49. The van der Waals surface area contributed by atoms with Gasteiger partial charge in [0.15, 0.2) is 0 Å². The Hall–Kier alpha value is -0.620. The number of carboxylic acid groups (broad SMARTS) is 1. The van der Waals surface area contributed by atoms with Gasteiger partial charge < -0.3 is 5.11 Å². The maximum atomic E-state index is 11.4. The smallest absolute Gasteiger partial charge is 0.303 e. The Kier molecular flexibility index (Phi) is 5.91. The quantitative estimate of drug-likeness (QED) is 0.585. The standard InChI is InChI=1S/C11H21NO4S/c13-11(14)6-4-2-1-3-5-9-12-17(15,16)10-7-8-10/h10,12H,1-9H2,(H,13,14). The van der Waals surface area contributed by atoms with Crippen LogP contribution in [0.3, 0.4) is 0 Å². The Morgan fingerprint density at radius 2 is 1.71 bits per heavy atom.